The Morgan fingerprint density at radius 3 is 2.71 bits per heavy atom. The van der Waals surface area contributed by atoms with Crippen molar-refractivity contribution < 1.29 is 23.8 Å². The molecule has 0 bridgehead atoms. The number of halogens is 1. The van der Waals surface area contributed by atoms with Crippen LogP contribution in [0.4, 0.5) is 10.7 Å². The van der Waals surface area contributed by atoms with E-state index in [9.17, 15) is 14.7 Å². The molecule has 1 aliphatic rings. The summed E-state index contributed by atoms with van der Waals surface area (Å²) in [4.78, 5) is 29.7. The lowest BCUT2D eigenvalue weighted by Gasteiger charge is -2.14. The molecule has 7 nitrogen and oxygen atoms in total. The van der Waals surface area contributed by atoms with E-state index in [1.165, 1.54) is 29.1 Å². The van der Waals surface area contributed by atoms with Gasteiger partial charge in [-0.1, -0.05) is 29.8 Å². The van der Waals surface area contributed by atoms with Crippen LogP contribution in [0.3, 0.4) is 0 Å². The molecule has 10 heteroatoms. The first kappa shape index (κ1) is 22.5. The van der Waals surface area contributed by atoms with Crippen LogP contribution < -0.4 is 5.32 Å². The van der Waals surface area contributed by atoms with Crippen molar-refractivity contribution in [1.82, 2.24) is 4.98 Å². The van der Waals surface area contributed by atoms with Crippen molar-refractivity contribution in [2.45, 2.75) is 31.3 Å². The summed E-state index contributed by atoms with van der Waals surface area (Å²) >= 11 is 9.14. The van der Waals surface area contributed by atoms with Crippen molar-refractivity contribution in [3.63, 3.8) is 0 Å². The van der Waals surface area contributed by atoms with E-state index in [1.807, 2.05) is 18.2 Å². The summed E-state index contributed by atoms with van der Waals surface area (Å²) < 4.78 is 12.7. The van der Waals surface area contributed by atoms with Crippen LogP contribution in [0.25, 0.3) is 9.40 Å². The van der Waals surface area contributed by atoms with Crippen molar-refractivity contribution in [2.75, 3.05) is 5.32 Å². The Balaban J connectivity index is 1.27. The van der Waals surface area contributed by atoms with Crippen molar-refractivity contribution in [3.8, 4) is 11.8 Å². The molecule has 0 spiro atoms. The quantitative estimate of drug-likeness (QED) is 0.299. The third-order valence-electron chi connectivity index (χ3n) is 5.55. The highest BCUT2D eigenvalue weighted by atomic mass is 35.5. The van der Waals surface area contributed by atoms with E-state index in [0.29, 0.717) is 23.4 Å². The molecule has 1 unspecified atom stereocenters. The average Bonchev–Trinajstić information content (AvgIpc) is 3.12. The predicted octanol–water partition coefficient (Wildman–Crippen LogP) is 6.43. The number of fused-ring (bicyclic) bond motifs is 1. The second-order valence-electron chi connectivity index (χ2n) is 7.81. The number of aliphatic carboxylic acids is 1. The van der Waals surface area contributed by atoms with Gasteiger partial charge < -0.3 is 14.3 Å². The molecule has 172 valence electrons. The fourth-order valence-corrected chi connectivity index (χ4v) is 6.30. The lowest BCUT2D eigenvalue weighted by molar-refractivity contribution is -0.139. The van der Waals surface area contributed by atoms with Crippen LogP contribution >= 0.6 is 34.3 Å². The average molecular weight is 513 g/mol. The Bertz CT molecular complexity index is 1440. The lowest BCUT2D eigenvalue weighted by atomic mass is 10.1. The largest absolute Gasteiger partial charge is 0.481 e. The number of amides is 1. The van der Waals surface area contributed by atoms with Crippen LogP contribution in [0, 0.1) is 11.8 Å². The molecule has 1 fully saturated rings. The van der Waals surface area contributed by atoms with E-state index < -0.39 is 23.6 Å². The van der Waals surface area contributed by atoms with Gasteiger partial charge in [-0.05, 0) is 49.8 Å². The molecular formula is C24H17ClN2O5S2. The first-order valence-electron chi connectivity index (χ1n) is 10.3. The van der Waals surface area contributed by atoms with E-state index in [0.717, 1.165) is 19.2 Å². The Hall–Kier alpha value is -3.32. The number of benzene rings is 1. The number of nitrogens with one attached hydrogen (secondary N) is 1. The van der Waals surface area contributed by atoms with Crippen LogP contribution in [0.1, 0.15) is 46.9 Å². The molecule has 4 aromatic rings. The number of aromatic nitrogens is 1. The fraction of sp³-hybridized carbons (Fsp3) is 0.208. The van der Waals surface area contributed by atoms with Gasteiger partial charge in [0.15, 0.2) is 12.1 Å². The molecule has 1 amide bonds. The second kappa shape index (κ2) is 8.80. The number of ether oxygens (including phenoxy) is 1. The molecule has 3 heterocycles. The SMILES string of the molecule is CC(OC(=O)Nc1ocnc1C#Cc1cc2sc(C3(C(=O)O)CC3)cc2s1)c1ccccc1Cl. The van der Waals surface area contributed by atoms with Crippen LogP contribution in [0.5, 0.6) is 0 Å². The van der Waals surface area contributed by atoms with Crippen LogP contribution in [-0.2, 0) is 14.9 Å². The summed E-state index contributed by atoms with van der Waals surface area (Å²) in [6, 6.07) is 11.0. The first-order chi connectivity index (χ1) is 16.4. The van der Waals surface area contributed by atoms with Gasteiger partial charge in [0.25, 0.3) is 0 Å². The molecule has 0 radical (unpaired) electrons. The van der Waals surface area contributed by atoms with Gasteiger partial charge >= 0.3 is 12.1 Å². The number of carboxylic acids is 1. The molecule has 3 aromatic heterocycles. The maximum absolute atomic E-state index is 12.3. The summed E-state index contributed by atoms with van der Waals surface area (Å²) in [5, 5.41) is 12.5. The molecular weight excluding hydrogens is 496 g/mol. The fourth-order valence-electron chi connectivity index (χ4n) is 3.52. The molecule has 1 aromatic carbocycles. The topological polar surface area (TPSA) is 102 Å². The summed E-state index contributed by atoms with van der Waals surface area (Å²) in [5.74, 6) is 5.27. The van der Waals surface area contributed by atoms with Crippen molar-refractivity contribution in [3.05, 3.63) is 68.8 Å². The maximum atomic E-state index is 12.3. The number of carboxylic acid groups (broad SMARTS) is 1. The van der Waals surface area contributed by atoms with Gasteiger partial charge in [-0.3, -0.25) is 10.1 Å². The number of hydrogen-bond donors (Lipinski definition) is 2. The molecule has 0 saturated heterocycles. The Morgan fingerprint density at radius 1 is 1.24 bits per heavy atom. The zero-order valence-corrected chi connectivity index (χ0v) is 20.1. The lowest BCUT2D eigenvalue weighted by Crippen LogP contribution is -2.17. The van der Waals surface area contributed by atoms with Gasteiger partial charge in [0, 0.05) is 24.9 Å². The van der Waals surface area contributed by atoms with Crippen molar-refractivity contribution in [1.29, 1.82) is 0 Å². The monoisotopic (exact) mass is 512 g/mol. The molecule has 34 heavy (non-hydrogen) atoms. The molecule has 1 atom stereocenters. The van der Waals surface area contributed by atoms with E-state index in [1.54, 1.807) is 25.1 Å². The molecule has 1 saturated carbocycles. The van der Waals surface area contributed by atoms with Crippen LogP contribution in [0.2, 0.25) is 5.02 Å². The summed E-state index contributed by atoms with van der Waals surface area (Å²) in [5.41, 5.74) is 0.255. The summed E-state index contributed by atoms with van der Waals surface area (Å²) in [6.07, 6.45) is 1.28. The van der Waals surface area contributed by atoms with Gasteiger partial charge in [0.2, 0.25) is 5.88 Å². The summed E-state index contributed by atoms with van der Waals surface area (Å²) in [6.45, 7) is 1.72. The molecule has 5 rings (SSSR count). The van der Waals surface area contributed by atoms with E-state index in [4.69, 9.17) is 20.8 Å². The van der Waals surface area contributed by atoms with E-state index in [2.05, 4.69) is 22.1 Å². The number of oxazole rings is 1. The smallest absolute Gasteiger partial charge is 0.414 e. The van der Waals surface area contributed by atoms with Crippen LogP contribution in [0.15, 0.2) is 47.2 Å². The van der Waals surface area contributed by atoms with Crippen molar-refractivity contribution in [2.24, 2.45) is 0 Å². The highest BCUT2D eigenvalue weighted by Crippen LogP contribution is 2.52. The second-order valence-corrected chi connectivity index (χ2v) is 10.4. The number of carbonyl (C=O) groups is 2. The zero-order valence-electron chi connectivity index (χ0n) is 17.8. The van der Waals surface area contributed by atoms with E-state index in [-0.39, 0.29) is 11.6 Å². The highest BCUT2D eigenvalue weighted by molar-refractivity contribution is 7.28. The van der Waals surface area contributed by atoms with Gasteiger partial charge in [0.05, 0.1) is 4.88 Å². The van der Waals surface area contributed by atoms with Gasteiger partial charge in [0.1, 0.15) is 11.5 Å². The molecule has 2 N–H and O–H groups in total. The minimum absolute atomic E-state index is 0.0849. The zero-order chi connectivity index (χ0) is 23.9. The predicted molar refractivity (Wildman–Crippen MR) is 131 cm³/mol. The van der Waals surface area contributed by atoms with Gasteiger partial charge in [-0.2, -0.15) is 0 Å². The summed E-state index contributed by atoms with van der Waals surface area (Å²) in [7, 11) is 0. The first-order valence-corrected chi connectivity index (χ1v) is 12.3. The number of hydrogen-bond acceptors (Lipinski definition) is 7. The van der Waals surface area contributed by atoms with Crippen LogP contribution in [-0.4, -0.2) is 22.2 Å². The Morgan fingerprint density at radius 2 is 2.00 bits per heavy atom. The molecule has 0 aliphatic heterocycles. The maximum Gasteiger partial charge on any atom is 0.414 e. The van der Waals surface area contributed by atoms with Gasteiger partial charge in [-0.25, -0.2) is 9.78 Å². The third kappa shape index (κ3) is 4.28. The van der Waals surface area contributed by atoms with E-state index >= 15 is 0 Å². The highest BCUT2D eigenvalue weighted by Gasteiger charge is 2.53. The number of anilines is 1. The van der Waals surface area contributed by atoms with Crippen molar-refractivity contribution >= 4 is 61.6 Å². The number of rotatable bonds is 5. The normalized spacial score (nSPS) is 14.8. The van der Waals surface area contributed by atoms with Gasteiger partial charge in [-0.15, -0.1) is 22.7 Å². The number of carbonyl (C=O) groups excluding carboxylic acids is 1. The molecule has 1 aliphatic carbocycles. The Labute approximate surface area is 207 Å². The standard InChI is InChI=1S/C24H17ClN2O5S2/c1-13(15-4-2-3-5-16(15)25)32-23(30)27-21-17(26-12-31-21)7-6-14-10-18-19(33-14)11-20(34-18)24(8-9-24)22(28)29/h2-5,10-13H,8-9H2,1H3,(H,27,30)(H,28,29). The minimum atomic E-state index is -0.757. The number of thiophene rings is 2. The third-order valence-corrected chi connectivity index (χ3v) is 8.31. The Kier molecular flexibility index (Phi) is 5.81. The number of nitrogens with zero attached hydrogens (tertiary/aromatic N) is 1. The minimum Gasteiger partial charge on any atom is -0.481 e.